The Hall–Kier alpha value is -2.28. The van der Waals surface area contributed by atoms with Crippen LogP contribution in [0, 0.1) is 10.1 Å². The molecule has 0 aliphatic heterocycles. The summed E-state index contributed by atoms with van der Waals surface area (Å²) in [5, 5.41) is 10.5. The topological polar surface area (TPSA) is 89.6 Å². The Bertz CT molecular complexity index is 702. The van der Waals surface area contributed by atoms with E-state index < -0.39 is 14.4 Å². The maximum Gasteiger partial charge on any atom is 0.448 e. The fourth-order valence-corrected chi connectivity index (χ4v) is 2.24. The van der Waals surface area contributed by atoms with Crippen LogP contribution in [0.2, 0.25) is 0 Å². The number of allylic oxidation sites excluding steroid dienone is 4. The molecule has 7 heteroatoms. The molecular formula is C12H10N2O4S. The Balaban J connectivity index is 2.38. The van der Waals surface area contributed by atoms with Gasteiger partial charge in [-0.05, 0) is 24.3 Å². The van der Waals surface area contributed by atoms with Gasteiger partial charge in [0.2, 0.25) is 0 Å². The molecule has 0 bridgehead atoms. The van der Waals surface area contributed by atoms with Crippen molar-refractivity contribution in [1.29, 1.82) is 0 Å². The summed E-state index contributed by atoms with van der Waals surface area (Å²) in [6.45, 7) is 0. The third kappa shape index (κ3) is 2.94. The molecule has 0 heterocycles. The second kappa shape index (κ2) is 5.15. The largest absolute Gasteiger partial charge is 0.448 e. The van der Waals surface area contributed by atoms with E-state index in [-0.39, 0.29) is 4.90 Å². The Morgan fingerprint density at radius 1 is 1.26 bits per heavy atom. The lowest BCUT2D eigenvalue weighted by Gasteiger charge is -2.02. The minimum absolute atomic E-state index is 0.366. The lowest BCUT2D eigenvalue weighted by atomic mass is 10.1. The first-order valence-corrected chi connectivity index (χ1v) is 6.84. The summed E-state index contributed by atoms with van der Waals surface area (Å²) in [5.74, 6) is 0. The van der Waals surface area contributed by atoms with Gasteiger partial charge in [-0.15, -0.1) is 0 Å². The molecule has 2 rings (SSSR count). The van der Waals surface area contributed by atoms with E-state index in [1.54, 1.807) is 12.1 Å². The van der Waals surface area contributed by atoms with Gasteiger partial charge in [0.05, 0.1) is 5.69 Å². The number of nitro groups is 1. The molecular weight excluding hydrogens is 268 g/mol. The van der Waals surface area contributed by atoms with Crippen LogP contribution in [0.4, 0.5) is 5.69 Å². The molecule has 0 amide bonds. The highest BCUT2D eigenvalue weighted by molar-refractivity contribution is 7.85. The smallest absolute Gasteiger partial charge is 0.253 e. The van der Waals surface area contributed by atoms with Crippen molar-refractivity contribution in [3.63, 3.8) is 0 Å². The molecule has 0 spiro atoms. The van der Waals surface area contributed by atoms with Gasteiger partial charge < -0.3 is 0 Å². The fourth-order valence-electron chi connectivity index (χ4n) is 1.55. The Kier molecular flexibility index (Phi) is 3.57. The molecule has 0 N–H and O–H groups in total. The van der Waals surface area contributed by atoms with E-state index in [2.05, 4.69) is 4.99 Å². The Morgan fingerprint density at radius 2 is 2.05 bits per heavy atom. The van der Waals surface area contributed by atoms with Crippen molar-refractivity contribution >= 4 is 21.4 Å². The zero-order chi connectivity index (χ0) is 13.9. The summed E-state index contributed by atoms with van der Waals surface area (Å²) in [5.41, 5.74) is 1.14. The zero-order valence-corrected chi connectivity index (χ0v) is 10.6. The van der Waals surface area contributed by atoms with Gasteiger partial charge in [-0.2, -0.15) is 8.42 Å². The molecule has 0 fully saturated rings. The van der Waals surface area contributed by atoms with Gasteiger partial charge in [-0.3, -0.25) is 4.99 Å². The first kappa shape index (κ1) is 13.2. The summed E-state index contributed by atoms with van der Waals surface area (Å²) in [6, 6.07) is 5.39. The van der Waals surface area contributed by atoms with Gasteiger partial charge in [0.25, 0.3) is 0 Å². The van der Waals surface area contributed by atoms with Gasteiger partial charge in [0.15, 0.2) is 4.33 Å². The van der Waals surface area contributed by atoms with Crippen LogP contribution in [0.5, 0.6) is 0 Å². The molecule has 1 aliphatic rings. The minimum atomic E-state index is -4.52. The SMILES string of the molecule is O=[N+]([O-])S(=O)(=O)c1cccc(N=C2C=CC=CC2)c1. The van der Waals surface area contributed by atoms with Crippen molar-refractivity contribution in [2.75, 3.05) is 0 Å². The molecule has 6 nitrogen and oxygen atoms in total. The van der Waals surface area contributed by atoms with E-state index in [0.29, 0.717) is 12.1 Å². The van der Waals surface area contributed by atoms with E-state index in [1.165, 1.54) is 18.2 Å². The Labute approximate surface area is 110 Å². The average molecular weight is 278 g/mol. The van der Waals surface area contributed by atoms with Crippen molar-refractivity contribution in [3.05, 3.63) is 58.7 Å². The maximum absolute atomic E-state index is 11.4. The third-order valence-corrected chi connectivity index (χ3v) is 3.69. The first-order valence-electron chi connectivity index (χ1n) is 5.40. The van der Waals surface area contributed by atoms with Crippen molar-refractivity contribution in [2.24, 2.45) is 4.99 Å². The summed E-state index contributed by atoms with van der Waals surface area (Å²) >= 11 is 0. The quantitative estimate of drug-likeness (QED) is 0.626. The molecule has 0 saturated heterocycles. The predicted octanol–water partition coefficient (Wildman–Crippen LogP) is 2.24. The highest BCUT2D eigenvalue weighted by atomic mass is 32.2. The second-order valence-corrected chi connectivity index (χ2v) is 5.51. The summed E-state index contributed by atoms with van der Waals surface area (Å²) in [6.07, 6.45) is 8.06. The highest BCUT2D eigenvalue weighted by Crippen LogP contribution is 2.20. The van der Waals surface area contributed by atoms with Crippen LogP contribution in [0.1, 0.15) is 6.42 Å². The lowest BCUT2D eigenvalue weighted by Crippen LogP contribution is -2.12. The number of hydrogen-bond donors (Lipinski definition) is 0. The van der Waals surface area contributed by atoms with Crippen LogP contribution in [-0.2, 0) is 10.0 Å². The molecule has 1 aromatic rings. The average Bonchev–Trinajstić information content (AvgIpc) is 2.40. The first-order chi connectivity index (χ1) is 9.00. The molecule has 19 heavy (non-hydrogen) atoms. The number of hydrogen-bond acceptors (Lipinski definition) is 5. The second-order valence-electron chi connectivity index (χ2n) is 3.79. The van der Waals surface area contributed by atoms with Crippen LogP contribution in [0.15, 0.2) is 58.5 Å². The minimum Gasteiger partial charge on any atom is -0.253 e. The van der Waals surface area contributed by atoms with E-state index >= 15 is 0 Å². The van der Waals surface area contributed by atoms with Crippen LogP contribution in [-0.4, -0.2) is 18.5 Å². The predicted molar refractivity (Wildman–Crippen MR) is 70.6 cm³/mol. The van der Waals surface area contributed by atoms with Crippen molar-refractivity contribution < 1.29 is 12.7 Å². The van der Waals surface area contributed by atoms with E-state index in [9.17, 15) is 18.5 Å². The molecule has 0 saturated carbocycles. The van der Waals surface area contributed by atoms with E-state index in [4.69, 9.17) is 0 Å². The van der Waals surface area contributed by atoms with Crippen LogP contribution < -0.4 is 0 Å². The zero-order valence-electron chi connectivity index (χ0n) is 9.76. The van der Waals surface area contributed by atoms with Crippen molar-refractivity contribution in [1.82, 2.24) is 0 Å². The number of nitrogens with zero attached hydrogens (tertiary/aromatic N) is 2. The van der Waals surface area contributed by atoms with Gasteiger partial charge in [0.1, 0.15) is 4.90 Å². The van der Waals surface area contributed by atoms with Crippen LogP contribution >= 0.6 is 0 Å². The fraction of sp³-hybridized carbons (Fsp3) is 0.0833. The van der Waals surface area contributed by atoms with Crippen LogP contribution in [0.25, 0.3) is 0 Å². The molecule has 0 unspecified atom stereocenters. The summed E-state index contributed by atoms with van der Waals surface area (Å²) < 4.78 is 21.5. The number of rotatable bonds is 3. The molecule has 0 atom stereocenters. The van der Waals surface area contributed by atoms with E-state index in [0.717, 1.165) is 5.71 Å². The van der Waals surface area contributed by atoms with Crippen LogP contribution in [0.3, 0.4) is 0 Å². The molecule has 0 radical (unpaired) electrons. The monoisotopic (exact) mass is 278 g/mol. The summed E-state index contributed by atoms with van der Waals surface area (Å²) in [4.78, 5) is 14.4. The van der Waals surface area contributed by atoms with Gasteiger partial charge >= 0.3 is 10.0 Å². The molecule has 98 valence electrons. The maximum atomic E-state index is 11.4. The standard InChI is InChI=1S/C12H10N2O4S/c15-14(16)19(17,18)12-8-4-7-11(9-12)13-10-5-2-1-3-6-10/h1-5,7-9H,6H2. The number of sulfonamides is 1. The normalized spacial score (nSPS) is 16.7. The number of benzene rings is 1. The third-order valence-electron chi connectivity index (χ3n) is 2.45. The lowest BCUT2D eigenvalue weighted by molar-refractivity contribution is -0.305. The molecule has 0 aromatic heterocycles. The summed E-state index contributed by atoms with van der Waals surface area (Å²) in [7, 11) is -4.52. The molecule has 1 aromatic carbocycles. The van der Waals surface area contributed by atoms with Crippen molar-refractivity contribution in [3.8, 4) is 0 Å². The molecule has 1 aliphatic carbocycles. The van der Waals surface area contributed by atoms with Gasteiger partial charge in [-0.25, -0.2) is 10.1 Å². The van der Waals surface area contributed by atoms with Gasteiger partial charge in [-0.1, -0.05) is 24.3 Å². The highest BCUT2D eigenvalue weighted by Gasteiger charge is 2.26. The van der Waals surface area contributed by atoms with E-state index in [1.807, 2.05) is 18.2 Å². The number of aliphatic imine (C=N–C) groups is 1. The Morgan fingerprint density at radius 3 is 2.68 bits per heavy atom. The van der Waals surface area contributed by atoms with Crippen molar-refractivity contribution in [2.45, 2.75) is 11.3 Å². The van der Waals surface area contributed by atoms with Gasteiger partial charge in [0, 0.05) is 12.1 Å².